The van der Waals surface area contributed by atoms with Gasteiger partial charge in [-0.3, -0.25) is 4.79 Å². The fourth-order valence-electron chi connectivity index (χ4n) is 2.15. The number of amides is 1. The van der Waals surface area contributed by atoms with Crippen LogP contribution in [0, 0.1) is 17.8 Å². The zero-order chi connectivity index (χ0) is 14.2. The fraction of sp³-hybridized carbons (Fsp3) is 0.438. The summed E-state index contributed by atoms with van der Waals surface area (Å²) in [6.45, 7) is 2.06. The second-order valence-electron chi connectivity index (χ2n) is 4.83. The molecule has 2 N–H and O–H groups in total. The molecule has 106 valence electrons. The monoisotopic (exact) mass is 273 g/mol. The van der Waals surface area contributed by atoms with Crippen LogP contribution >= 0.6 is 0 Å². The lowest BCUT2D eigenvalue weighted by Gasteiger charge is -2.22. The number of nitrogens with one attached hydrogen (secondary N) is 1. The van der Waals surface area contributed by atoms with Crippen LogP contribution in [0.25, 0.3) is 0 Å². The molecule has 1 aliphatic heterocycles. The molecule has 2 rings (SSSR count). The summed E-state index contributed by atoms with van der Waals surface area (Å²) < 4.78 is 5.39. The van der Waals surface area contributed by atoms with E-state index in [0.29, 0.717) is 18.0 Å². The normalized spacial score (nSPS) is 17.9. The SMILES string of the molecule is O=C(NCC1CCCOC1)c1ccc(C#CCO)cc1. The Kier molecular flexibility index (Phi) is 5.60. The molecule has 0 aliphatic carbocycles. The molecule has 1 saturated heterocycles. The van der Waals surface area contributed by atoms with Crippen molar-refractivity contribution < 1.29 is 14.6 Å². The maximum Gasteiger partial charge on any atom is 0.251 e. The molecule has 1 unspecified atom stereocenters. The van der Waals surface area contributed by atoms with Gasteiger partial charge in [0, 0.05) is 24.3 Å². The lowest BCUT2D eigenvalue weighted by Crippen LogP contribution is -2.33. The van der Waals surface area contributed by atoms with E-state index < -0.39 is 0 Å². The van der Waals surface area contributed by atoms with Crippen molar-refractivity contribution in [1.29, 1.82) is 0 Å². The summed E-state index contributed by atoms with van der Waals surface area (Å²) in [5, 5.41) is 11.6. The van der Waals surface area contributed by atoms with E-state index in [1.165, 1.54) is 0 Å². The summed E-state index contributed by atoms with van der Waals surface area (Å²) in [5.41, 5.74) is 1.41. The number of carbonyl (C=O) groups excluding carboxylic acids is 1. The number of hydrogen-bond acceptors (Lipinski definition) is 3. The molecular weight excluding hydrogens is 254 g/mol. The molecule has 1 heterocycles. The molecule has 1 aromatic carbocycles. The Morgan fingerprint density at radius 1 is 1.40 bits per heavy atom. The van der Waals surface area contributed by atoms with E-state index in [1.807, 2.05) is 0 Å². The molecule has 1 aromatic rings. The molecule has 4 nitrogen and oxygen atoms in total. The van der Waals surface area contributed by atoms with Crippen molar-refractivity contribution in [2.24, 2.45) is 5.92 Å². The van der Waals surface area contributed by atoms with Crippen LogP contribution in [0.1, 0.15) is 28.8 Å². The first kappa shape index (κ1) is 14.6. The van der Waals surface area contributed by atoms with E-state index in [4.69, 9.17) is 9.84 Å². The van der Waals surface area contributed by atoms with Crippen molar-refractivity contribution in [2.75, 3.05) is 26.4 Å². The number of aliphatic hydroxyl groups excluding tert-OH is 1. The maximum atomic E-state index is 12.0. The molecule has 1 fully saturated rings. The third kappa shape index (κ3) is 4.37. The minimum Gasteiger partial charge on any atom is -0.384 e. The highest BCUT2D eigenvalue weighted by molar-refractivity contribution is 5.94. The Morgan fingerprint density at radius 3 is 2.85 bits per heavy atom. The summed E-state index contributed by atoms with van der Waals surface area (Å²) in [7, 11) is 0. The van der Waals surface area contributed by atoms with Gasteiger partial charge in [0.05, 0.1) is 6.61 Å². The number of ether oxygens (including phenoxy) is 1. The number of carbonyl (C=O) groups is 1. The van der Waals surface area contributed by atoms with Crippen molar-refractivity contribution in [3.8, 4) is 11.8 Å². The van der Waals surface area contributed by atoms with E-state index in [2.05, 4.69) is 17.2 Å². The quantitative estimate of drug-likeness (QED) is 0.813. The first-order valence-electron chi connectivity index (χ1n) is 6.85. The first-order valence-corrected chi connectivity index (χ1v) is 6.85. The summed E-state index contributed by atoms with van der Waals surface area (Å²) in [6, 6.07) is 7.05. The van der Waals surface area contributed by atoms with E-state index in [9.17, 15) is 4.79 Å². The van der Waals surface area contributed by atoms with Crippen LogP contribution in [-0.2, 0) is 4.74 Å². The molecule has 1 atom stereocenters. The molecular formula is C16H19NO3. The number of hydrogen-bond donors (Lipinski definition) is 2. The number of aliphatic hydroxyl groups is 1. The van der Waals surface area contributed by atoms with Gasteiger partial charge in [0.15, 0.2) is 0 Å². The third-order valence-corrected chi connectivity index (χ3v) is 3.26. The topological polar surface area (TPSA) is 58.6 Å². The minimum atomic E-state index is -0.161. The predicted octanol–water partition coefficient (Wildman–Crippen LogP) is 1.19. The Hall–Kier alpha value is -1.83. The van der Waals surface area contributed by atoms with E-state index in [-0.39, 0.29) is 12.5 Å². The molecule has 1 aliphatic rings. The van der Waals surface area contributed by atoms with Gasteiger partial charge in [0.1, 0.15) is 6.61 Å². The van der Waals surface area contributed by atoms with Gasteiger partial charge in [-0.1, -0.05) is 11.8 Å². The fourth-order valence-corrected chi connectivity index (χ4v) is 2.15. The van der Waals surface area contributed by atoms with E-state index >= 15 is 0 Å². The van der Waals surface area contributed by atoms with Gasteiger partial charge in [-0.05, 0) is 43.0 Å². The second kappa shape index (κ2) is 7.68. The lowest BCUT2D eigenvalue weighted by molar-refractivity contribution is 0.0536. The highest BCUT2D eigenvalue weighted by atomic mass is 16.5. The van der Waals surface area contributed by atoms with Crippen LogP contribution in [0.4, 0.5) is 0 Å². The van der Waals surface area contributed by atoms with Crippen molar-refractivity contribution >= 4 is 5.91 Å². The van der Waals surface area contributed by atoms with E-state index in [1.54, 1.807) is 24.3 Å². The van der Waals surface area contributed by atoms with Crippen LogP contribution in [0.15, 0.2) is 24.3 Å². The standard InChI is InChI=1S/C16H19NO3/c18-9-1-3-13-5-7-15(8-6-13)16(19)17-11-14-4-2-10-20-12-14/h5-8,14,18H,2,4,9-12H2,(H,17,19). The Labute approximate surface area is 119 Å². The van der Waals surface area contributed by atoms with Gasteiger partial charge >= 0.3 is 0 Å². The molecule has 0 radical (unpaired) electrons. The van der Waals surface area contributed by atoms with Crippen molar-refractivity contribution in [3.05, 3.63) is 35.4 Å². The predicted molar refractivity (Wildman–Crippen MR) is 76.3 cm³/mol. The average molecular weight is 273 g/mol. The molecule has 20 heavy (non-hydrogen) atoms. The molecule has 0 bridgehead atoms. The van der Waals surface area contributed by atoms with Crippen molar-refractivity contribution in [2.45, 2.75) is 12.8 Å². The largest absolute Gasteiger partial charge is 0.384 e. The minimum absolute atomic E-state index is 0.0720. The average Bonchev–Trinajstić information content (AvgIpc) is 2.52. The first-order chi connectivity index (χ1) is 9.79. The second-order valence-corrected chi connectivity index (χ2v) is 4.83. The van der Waals surface area contributed by atoms with Crippen LogP contribution < -0.4 is 5.32 Å². The van der Waals surface area contributed by atoms with Gasteiger partial charge in [0.25, 0.3) is 5.91 Å². The third-order valence-electron chi connectivity index (χ3n) is 3.26. The number of rotatable bonds is 3. The molecule has 1 amide bonds. The lowest BCUT2D eigenvalue weighted by atomic mass is 10.0. The van der Waals surface area contributed by atoms with Crippen LogP contribution in [0.3, 0.4) is 0 Å². The molecule has 0 aromatic heterocycles. The van der Waals surface area contributed by atoms with Crippen LogP contribution in [0.5, 0.6) is 0 Å². The highest BCUT2D eigenvalue weighted by Gasteiger charge is 2.15. The highest BCUT2D eigenvalue weighted by Crippen LogP contribution is 2.12. The van der Waals surface area contributed by atoms with Crippen molar-refractivity contribution in [1.82, 2.24) is 5.32 Å². The Balaban J connectivity index is 1.85. The summed E-state index contributed by atoms with van der Waals surface area (Å²) >= 11 is 0. The van der Waals surface area contributed by atoms with Gasteiger partial charge in [0.2, 0.25) is 0 Å². The van der Waals surface area contributed by atoms with Crippen molar-refractivity contribution in [3.63, 3.8) is 0 Å². The van der Waals surface area contributed by atoms with Crippen LogP contribution in [-0.4, -0.2) is 37.4 Å². The summed E-state index contributed by atoms with van der Waals surface area (Å²) in [5.74, 6) is 5.72. The number of benzene rings is 1. The zero-order valence-electron chi connectivity index (χ0n) is 11.4. The summed E-state index contributed by atoms with van der Waals surface area (Å²) in [4.78, 5) is 12.0. The van der Waals surface area contributed by atoms with Crippen LogP contribution in [0.2, 0.25) is 0 Å². The molecule has 0 saturated carbocycles. The Bertz CT molecular complexity index is 493. The summed E-state index contributed by atoms with van der Waals surface area (Å²) in [6.07, 6.45) is 2.18. The van der Waals surface area contributed by atoms with Gasteiger partial charge in [-0.25, -0.2) is 0 Å². The zero-order valence-corrected chi connectivity index (χ0v) is 11.4. The smallest absolute Gasteiger partial charge is 0.251 e. The van der Waals surface area contributed by atoms with Gasteiger partial charge in [-0.2, -0.15) is 0 Å². The molecule has 4 heteroatoms. The molecule has 0 spiro atoms. The van der Waals surface area contributed by atoms with E-state index in [0.717, 1.165) is 31.6 Å². The maximum absolute atomic E-state index is 12.0. The Morgan fingerprint density at radius 2 is 2.20 bits per heavy atom. The van der Waals surface area contributed by atoms with Gasteiger partial charge < -0.3 is 15.2 Å². The van der Waals surface area contributed by atoms with Gasteiger partial charge in [-0.15, -0.1) is 0 Å².